The number of ether oxygens (including phenoxy) is 2. The van der Waals surface area contributed by atoms with E-state index in [0.29, 0.717) is 13.2 Å². The molecule has 0 atom stereocenters. The van der Waals surface area contributed by atoms with Gasteiger partial charge in [0.1, 0.15) is 0 Å². The van der Waals surface area contributed by atoms with E-state index in [0.717, 1.165) is 12.8 Å². The van der Waals surface area contributed by atoms with Crippen molar-refractivity contribution in [1.29, 1.82) is 0 Å². The fraction of sp³-hybridized carbons (Fsp3) is 0.846. The predicted octanol–water partition coefficient (Wildman–Crippen LogP) is 2.85. The Labute approximate surface area is 111 Å². The van der Waals surface area contributed by atoms with Gasteiger partial charge < -0.3 is 9.47 Å². The van der Waals surface area contributed by atoms with E-state index in [-0.39, 0.29) is 17.9 Å². The largest absolute Gasteiger partial charge is 0.465 e. The summed E-state index contributed by atoms with van der Waals surface area (Å²) in [6.07, 6.45) is 2.04. The first kappa shape index (κ1) is 17.2. The maximum Gasteiger partial charge on any atom is 0.302 e. The second kappa shape index (κ2) is 8.29. The van der Waals surface area contributed by atoms with E-state index in [1.807, 2.05) is 0 Å². The Bertz CT molecular complexity index is 253. The second-order valence-corrected chi connectivity index (χ2v) is 11.5. The Morgan fingerprint density at radius 2 is 1.44 bits per heavy atom. The van der Waals surface area contributed by atoms with Crippen molar-refractivity contribution >= 4 is 20.0 Å². The smallest absolute Gasteiger partial charge is 0.302 e. The molecule has 0 aromatic carbocycles. The van der Waals surface area contributed by atoms with Crippen molar-refractivity contribution in [2.75, 3.05) is 13.2 Å². The predicted molar refractivity (Wildman–Crippen MR) is 74.1 cm³/mol. The third-order valence-corrected chi connectivity index (χ3v) is 4.44. The lowest BCUT2D eigenvalue weighted by atomic mass is 10.1. The number of carbonyl (C=O) groups is 2. The molecule has 0 heterocycles. The van der Waals surface area contributed by atoms with Crippen LogP contribution in [-0.4, -0.2) is 33.2 Å². The number of hydrogen-bond acceptors (Lipinski definition) is 4. The van der Waals surface area contributed by atoms with Crippen LogP contribution in [0.2, 0.25) is 25.7 Å². The van der Waals surface area contributed by atoms with Gasteiger partial charge in [0.25, 0.3) is 0 Å². The molecule has 0 unspecified atom stereocenters. The molecular weight excluding hydrogens is 248 g/mol. The van der Waals surface area contributed by atoms with Crippen LogP contribution in [0.15, 0.2) is 0 Å². The summed E-state index contributed by atoms with van der Waals surface area (Å²) >= 11 is 0. The standard InChI is InChI=1S/C13H26O4Si/c1-11(14)16-9-13(10-17-12(2)15)7-6-8-18(3,4)5/h13H,6-10H2,1-5H3. The van der Waals surface area contributed by atoms with Crippen molar-refractivity contribution in [3.8, 4) is 0 Å². The molecule has 0 aromatic heterocycles. The van der Waals surface area contributed by atoms with E-state index in [1.54, 1.807) is 0 Å². The van der Waals surface area contributed by atoms with Crippen LogP contribution >= 0.6 is 0 Å². The number of carbonyl (C=O) groups excluding carboxylic acids is 2. The molecule has 0 spiro atoms. The normalized spacial score (nSPS) is 11.4. The average Bonchev–Trinajstić information content (AvgIpc) is 2.19. The summed E-state index contributed by atoms with van der Waals surface area (Å²) < 4.78 is 10.0. The Balaban J connectivity index is 4.03. The van der Waals surface area contributed by atoms with Crippen molar-refractivity contribution in [2.45, 2.75) is 52.4 Å². The van der Waals surface area contributed by atoms with Crippen molar-refractivity contribution < 1.29 is 19.1 Å². The monoisotopic (exact) mass is 274 g/mol. The molecule has 4 nitrogen and oxygen atoms in total. The summed E-state index contributed by atoms with van der Waals surface area (Å²) in [7, 11) is -1.03. The van der Waals surface area contributed by atoms with Crippen molar-refractivity contribution in [3.05, 3.63) is 0 Å². The maximum absolute atomic E-state index is 10.8. The van der Waals surface area contributed by atoms with Crippen LogP contribution in [0.25, 0.3) is 0 Å². The topological polar surface area (TPSA) is 52.6 Å². The molecule has 5 heteroatoms. The van der Waals surface area contributed by atoms with Crippen molar-refractivity contribution in [3.63, 3.8) is 0 Å². The fourth-order valence-electron chi connectivity index (χ4n) is 1.61. The van der Waals surface area contributed by atoms with E-state index in [4.69, 9.17) is 9.47 Å². The van der Waals surface area contributed by atoms with Crippen LogP contribution in [-0.2, 0) is 19.1 Å². The number of rotatable bonds is 8. The first-order valence-corrected chi connectivity index (χ1v) is 10.2. The van der Waals surface area contributed by atoms with Gasteiger partial charge in [-0.15, -0.1) is 0 Å². The fourth-order valence-corrected chi connectivity index (χ4v) is 2.87. The molecule has 0 aliphatic heterocycles. The summed E-state index contributed by atoms with van der Waals surface area (Å²) in [6.45, 7) is 10.5. The van der Waals surface area contributed by atoms with Gasteiger partial charge >= 0.3 is 11.9 Å². The number of hydrogen-bond donors (Lipinski definition) is 0. The minimum Gasteiger partial charge on any atom is -0.465 e. The Morgan fingerprint density at radius 3 is 1.78 bits per heavy atom. The molecule has 0 aromatic rings. The maximum atomic E-state index is 10.8. The second-order valence-electron chi connectivity index (χ2n) is 5.92. The highest BCUT2D eigenvalue weighted by Gasteiger charge is 2.16. The van der Waals surface area contributed by atoms with Gasteiger partial charge in [0.2, 0.25) is 0 Å². The zero-order chi connectivity index (χ0) is 14.2. The van der Waals surface area contributed by atoms with E-state index in [9.17, 15) is 9.59 Å². The van der Waals surface area contributed by atoms with Gasteiger partial charge in [-0.2, -0.15) is 0 Å². The van der Waals surface area contributed by atoms with Gasteiger partial charge in [-0.25, -0.2) is 0 Å². The molecule has 0 radical (unpaired) electrons. The Hall–Kier alpha value is -0.843. The zero-order valence-electron chi connectivity index (χ0n) is 12.2. The molecule has 0 aliphatic carbocycles. The molecule has 0 bridgehead atoms. The minimum absolute atomic E-state index is 0.120. The summed E-state index contributed by atoms with van der Waals surface area (Å²) in [6, 6.07) is 1.24. The highest BCUT2D eigenvalue weighted by Crippen LogP contribution is 2.17. The first-order chi connectivity index (χ1) is 8.20. The highest BCUT2D eigenvalue weighted by atomic mass is 28.3. The van der Waals surface area contributed by atoms with Gasteiger partial charge in [0, 0.05) is 27.8 Å². The molecule has 0 amide bonds. The number of esters is 2. The SMILES string of the molecule is CC(=O)OCC(CCC[Si](C)(C)C)COC(C)=O. The molecule has 18 heavy (non-hydrogen) atoms. The van der Waals surface area contributed by atoms with Crippen LogP contribution in [0.5, 0.6) is 0 Å². The Morgan fingerprint density at radius 1 is 1.00 bits per heavy atom. The summed E-state index contributed by atoms with van der Waals surface area (Å²) in [4.78, 5) is 21.6. The summed E-state index contributed by atoms with van der Waals surface area (Å²) in [5.41, 5.74) is 0. The minimum atomic E-state index is -1.03. The van der Waals surface area contributed by atoms with Gasteiger partial charge in [0.05, 0.1) is 13.2 Å². The molecule has 106 valence electrons. The third-order valence-electron chi connectivity index (χ3n) is 2.58. The lowest BCUT2D eigenvalue weighted by Gasteiger charge is -2.19. The van der Waals surface area contributed by atoms with Crippen LogP contribution in [0, 0.1) is 5.92 Å². The zero-order valence-corrected chi connectivity index (χ0v) is 13.2. The molecule has 0 rings (SSSR count). The quantitative estimate of drug-likeness (QED) is 0.504. The molecule has 0 aliphatic rings. The third kappa shape index (κ3) is 11.6. The van der Waals surface area contributed by atoms with Gasteiger partial charge in [-0.05, 0) is 6.42 Å². The highest BCUT2D eigenvalue weighted by molar-refractivity contribution is 6.76. The van der Waals surface area contributed by atoms with E-state index < -0.39 is 8.07 Å². The van der Waals surface area contributed by atoms with Gasteiger partial charge in [0.15, 0.2) is 0 Å². The lowest BCUT2D eigenvalue weighted by Crippen LogP contribution is -2.22. The molecule has 0 fully saturated rings. The van der Waals surface area contributed by atoms with Gasteiger partial charge in [-0.1, -0.05) is 32.1 Å². The van der Waals surface area contributed by atoms with E-state index >= 15 is 0 Å². The van der Waals surface area contributed by atoms with E-state index in [1.165, 1.54) is 19.9 Å². The molecule has 0 saturated carbocycles. The van der Waals surface area contributed by atoms with Crippen molar-refractivity contribution in [2.24, 2.45) is 5.92 Å². The first-order valence-electron chi connectivity index (χ1n) is 6.47. The van der Waals surface area contributed by atoms with Crippen molar-refractivity contribution in [1.82, 2.24) is 0 Å². The molecule has 0 saturated heterocycles. The van der Waals surface area contributed by atoms with Gasteiger partial charge in [-0.3, -0.25) is 9.59 Å². The molecular formula is C13H26O4Si. The summed E-state index contributed by atoms with van der Waals surface area (Å²) in [5, 5.41) is 0. The Kier molecular flexibility index (Phi) is 7.90. The van der Waals surface area contributed by atoms with Crippen LogP contribution in [0.4, 0.5) is 0 Å². The summed E-state index contributed by atoms with van der Waals surface area (Å²) in [5.74, 6) is -0.449. The molecule has 0 N–H and O–H groups in total. The lowest BCUT2D eigenvalue weighted by molar-refractivity contribution is -0.146. The van der Waals surface area contributed by atoms with E-state index in [2.05, 4.69) is 19.6 Å². The van der Waals surface area contributed by atoms with Crippen LogP contribution < -0.4 is 0 Å². The van der Waals surface area contributed by atoms with Crippen LogP contribution in [0.3, 0.4) is 0 Å². The average molecular weight is 274 g/mol. The van der Waals surface area contributed by atoms with Crippen LogP contribution in [0.1, 0.15) is 26.7 Å².